The van der Waals surface area contributed by atoms with E-state index in [1.54, 1.807) is 37.4 Å². The van der Waals surface area contributed by atoms with E-state index in [1.165, 1.54) is 11.7 Å². The lowest BCUT2D eigenvalue weighted by Crippen LogP contribution is -2.51. The smallest absolute Gasteiger partial charge is 0.335 e. The Morgan fingerprint density at radius 1 is 1.00 bits per heavy atom. The number of hydrogen-bond acceptors (Lipinski definition) is 7. The third kappa shape index (κ3) is 6.78. The predicted octanol–water partition coefficient (Wildman–Crippen LogP) is 3.49. The van der Waals surface area contributed by atoms with Crippen LogP contribution >= 0.6 is 0 Å². The Bertz CT molecular complexity index is 1620. The first kappa shape index (κ1) is 27.3. The molecule has 10 heteroatoms. The summed E-state index contributed by atoms with van der Waals surface area (Å²) in [5.41, 5.74) is 2.38. The lowest BCUT2D eigenvalue weighted by Gasteiger charge is -2.14. The van der Waals surface area contributed by atoms with Crippen LogP contribution in [0.4, 0.5) is 5.69 Å². The summed E-state index contributed by atoms with van der Waals surface area (Å²) in [6.45, 7) is 5.67. The number of ether oxygens (including phenoxy) is 2. The fourth-order valence-electron chi connectivity index (χ4n) is 3.88. The number of nitrogens with zero attached hydrogens (tertiary/aromatic N) is 4. The van der Waals surface area contributed by atoms with Crippen molar-refractivity contribution in [2.45, 2.75) is 40.3 Å². The second-order valence-electron chi connectivity index (χ2n) is 9.21. The van der Waals surface area contributed by atoms with Crippen molar-refractivity contribution in [2.75, 3.05) is 7.11 Å². The number of H-pyrrole nitrogens is 1. The highest BCUT2D eigenvalue weighted by molar-refractivity contribution is 5.71. The zero-order valence-electron chi connectivity index (χ0n) is 22.4. The highest BCUT2D eigenvalue weighted by Gasteiger charge is 2.18. The van der Waals surface area contributed by atoms with Gasteiger partial charge in [-0.2, -0.15) is 0 Å². The molecule has 1 atom stereocenters. The van der Waals surface area contributed by atoms with E-state index < -0.39 is 23.3 Å². The molecule has 202 valence electrons. The Hall–Kier alpha value is -4.73. The molecule has 4 aromatic rings. The van der Waals surface area contributed by atoms with Gasteiger partial charge in [0.15, 0.2) is 0 Å². The summed E-state index contributed by atoms with van der Waals surface area (Å²) in [4.78, 5) is 49.9. The summed E-state index contributed by atoms with van der Waals surface area (Å²) >= 11 is 0. The lowest BCUT2D eigenvalue weighted by atomic mass is 10.1. The van der Waals surface area contributed by atoms with Crippen LogP contribution < -0.4 is 21.7 Å². The van der Waals surface area contributed by atoms with Gasteiger partial charge in [-0.15, -0.1) is 0 Å². The number of benzene rings is 2. The first-order valence-corrected chi connectivity index (χ1v) is 12.6. The number of carbonyl (C=O) groups is 1. The van der Waals surface area contributed by atoms with Crippen molar-refractivity contribution in [2.24, 2.45) is 10.9 Å². The van der Waals surface area contributed by atoms with Crippen LogP contribution in [0.3, 0.4) is 0 Å². The maximum absolute atomic E-state index is 13.5. The van der Waals surface area contributed by atoms with Crippen LogP contribution in [-0.4, -0.2) is 32.2 Å². The number of nitrogens with one attached hydrogen (secondary N) is 1. The molecule has 0 radical (unpaired) electrons. The van der Waals surface area contributed by atoms with E-state index in [4.69, 9.17) is 9.47 Å². The van der Waals surface area contributed by atoms with Gasteiger partial charge in [-0.25, -0.2) is 24.1 Å². The van der Waals surface area contributed by atoms with E-state index in [0.29, 0.717) is 17.3 Å². The number of esters is 1. The average molecular weight is 530 g/mol. The minimum Gasteiger partial charge on any atom is -0.469 e. The largest absolute Gasteiger partial charge is 0.469 e. The van der Waals surface area contributed by atoms with E-state index in [-0.39, 0.29) is 18.7 Å². The summed E-state index contributed by atoms with van der Waals surface area (Å²) in [7, 11) is 1.26. The zero-order valence-corrected chi connectivity index (χ0v) is 22.4. The minimum atomic E-state index is -0.690. The molecule has 0 bridgehead atoms. The van der Waals surface area contributed by atoms with Crippen molar-refractivity contribution in [3.63, 3.8) is 0 Å². The average Bonchev–Trinajstić information content (AvgIpc) is 2.95. The van der Waals surface area contributed by atoms with Gasteiger partial charge in [0, 0.05) is 18.8 Å². The van der Waals surface area contributed by atoms with E-state index in [2.05, 4.69) is 21.9 Å². The van der Waals surface area contributed by atoms with Gasteiger partial charge in [0.25, 0.3) is 0 Å². The summed E-state index contributed by atoms with van der Waals surface area (Å²) in [5, 5.41) is 0. The van der Waals surface area contributed by atoms with Crippen molar-refractivity contribution < 1.29 is 14.3 Å². The van der Waals surface area contributed by atoms with Crippen molar-refractivity contribution in [3.05, 3.63) is 110 Å². The van der Waals surface area contributed by atoms with Crippen molar-refractivity contribution >= 4 is 11.7 Å². The molecule has 39 heavy (non-hydrogen) atoms. The number of pyridine rings is 1. The second-order valence-corrected chi connectivity index (χ2v) is 9.21. The lowest BCUT2D eigenvalue weighted by molar-refractivity contribution is -0.145. The summed E-state index contributed by atoms with van der Waals surface area (Å²) in [5.74, 6) is -0.163. The fraction of sp³-hybridized carbons (Fsp3) is 0.276. The van der Waals surface area contributed by atoms with E-state index in [1.807, 2.05) is 43.3 Å². The number of hydrogen-bond donors (Lipinski definition) is 1. The minimum absolute atomic E-state index is 0.0815. The molecule has 4 rings (SSSR count). The van der Waals surface area contributed by atoms with Gasteiger partial charge in [-0.1, -0.05) is 49.7 Å². The number of aryl methyl sites for hydroxylation is 2. The number of aromatic nitrogens is 4. The standard InChI is InChI=1S/C29H31N5O5/c1-5-21-10-15-25(30-16-21)39-24-13-11-23(12-14-24)31-27-32-28(36)34(17-20(3)26(35)38-4)29(37)33(27)18-22-8-6-19(2)7-9-22/h6-16,20H,5,17-18H2,1-4H3,(H,31,32,36)/t20-/m0/s1. The number of carbonyl (C=O) groups excluding carboxylic acids is 1. The summed E-state index contributed by atoms with van der Waals surface area (Å²) < 4.78 is 12.9. The predicted molar refractivity (Wildman–Crippen MR) is 146 cm³/mol. The maximum atomic E-state index is 13.5. The topological polar surface area (TPSA) is 121 Å². The van der Waals surface area contributed by atoms with Gasteiger partial charge in [-0.3, -0.25) is 14.3 Å². The monoisotopic (exact) mass is 529 g/mol. The van der Waals surface area contributed by atoms with Gasteiger partial charge in [0.2, 0.25) is 11.5 Å². The summed E-state index contributed by atoms with van der Waals surface area (Å²) in [6.07, 6.45) is 2.67. The van der Waals surface area contributed by atoms with Gasteiger partial charge in [0.05, 0.1) is 25.3 Å². The van der Waals surface area contributed by atoms with Gasteiger partial charge in [-0.05, 0) is 48.7 Å². The van der Waals surface area contributed by atoms with E-state index in [9.17, 15) is 14.4 Å². The molecular weight excluding hydrogens is 498 g/mol. The van der Waals surface area contributed by atoms with Crippen molar-refractivity contribution in [1.29, 1.82) is 0 Å². The Morgan fingerprint density at radius 2 is 1.69 bits per heavy atom. The molecule has 1 N–H and O–H groups in total. The molecule has 0 aliphatic rings. The second kappa shape index (κ2) is 12.2. The van der Waals surface area contributed by atoms with Crippen LogP contribution in [0, 0.1) is 12.8 Å². The van der Waals surface area contributed by atoms with Gasteiger partial charge >= 0.3 is 17.3 Å². The van der Waals surface area contributed by atoms with Crippen LogP contribution in [-0.2, 0) is 29.0 Å². The van der Waals surface area contributed by atoms with Crippen LogP contribution in [0.1, 0.15) is 30.5 Å². The van der Waals surface area contributed by atoms with Crippen molar-refractivity contribution in [1.82, 2.24) is 19.1 Å². The quantitative estimate of drug-likeness (QED) is 0.332. The molecule has 0 fully saturated rings. The van der Waals surface area contributed by atoms with Crippen LogP contribution in [0.15, 0.2) is 81.4 Å². The van der Waals surface area contributed by atoms with E-state index in [0.717, 1.165) is 27.7 Å². The first-order valence-electron chi connectivity index (χ1n) is 12.6. The number of aromatic amines is 1. The van der Waals surface area contributed by atoms with Gasteiger partial charge < -0.3 is 9.47 Å². The van der Waals surface area contributed by atoms with Crippen molar-refractivity contribution in [3.8, 4) is 11.6 Å². The third-order valence-electron chi connectivity index (χ3n) is 6.20. The normalized spacial score (nSPS) is 12.3. The first-order chi connectivity index (χ1) is 18.8. The van der Waals surface area contributed by atoms with Crippen LogP contribution in [0.25, 0.3) is 0 Å². The molecule has 0 saturated heterocycles. The highest BCUT2D eigenvalue weighted by Crippen LogP contribution is 2.22. The molecule has 0 spiro atoms. The molecule has 0 saturated carbocycles. The molecule has 0 aliphatic heterocycles. The van der Waals surface area contributed by atoms with Gasteiger partial charge in [0.1, 0.15) is 5.75 Å². The van der Waals surface area contributed by atoms with E-state index >= 15 is 0 Å². The number of rotatable bonds is 9. The fourth-order valence-corrected chi connectivity index (χ4v) is 3.88. The molecule has 2 heterocycles. The Labute approximate surface area is 225 Å². The Kier molecular flexibility index (Phi) is 8.55. The molecule has 0 aliphatic carbocycles. The molecular formula is C29H31N5O5. The van der Waals surface area contributed by atoms with Crippen LogP contribution in [0.2, 0.25) is 0 Å². The molecule has 2 aromatic carbocycles. The maximum Gasteiger partial charge on any atom is 0.335 e. The SMILES string of the molecule is CCc1ccc(Oc2ccc(/N=c3\[nH]c(=O)n(C[C@H](C)C(=O)OC)c(=O)n3Cc3ccc(C)cc3)cc2)nc1. The molecule has 0 unspecified atom stereocenters. The third-order valence-corrected chi connectivity index (χ3v) is 6.20. The molecule has 2 aromatic heterocycles. The zero-order chi connectivity index (χ0) is 27.9. The van der Waals surface area contributed by atoms with Crippen LogP contribution in [0.5, 0.6) is 11.6 Å². The Balaban J connectivity index is 1.70. The molecule has 10 nitrogen and oxygen atoms in total. The highest BCUT2D eigenvalue weighted by atomic mass is 16.5. The Morgan fingerprint density at radius 3 is 2.31 bits per heavy atom. The summed E-state index contributed by atoms with van der Waals surface area (Å²) in [6, 6.07) is 18.4. The number of methoxy groups -OCH3 is 1. The molecule has 0 amide bonds.